The lowest BCUT2D eigenvalue weighted by Crippen LogP contribution is -2.45. The molecule has 0 aromatic carbocycles. The topological polar surface area (TPSA) is 147 Å². The Kier molecular flexibility index (Phi) is 9.62. The molecule has 9 heteroatoms. The van der Waals surface area contributed by atoms with Crippen molar-refractivity contribution in [1.82, 2.24) is 0 Å². The molecule has 156 valence electrons. The molecule has 0 fully saturated rings. The molecule has 28 heavy (non-hydrogen) atoms. The van der Waals surface area contributed by atoms with Gasteiger partial charge in [-0.25, -0.2) is 0 Å². The summed E-state index contributed by atoms with van der Waals surface area (Å²) in [7, 11) is 1.42. The molecule has 0 spiro atoms. The predicted molar refractivity (Wildman–Crippen MR) is 96.5 cm³/mol. The highest BCUT2D eigenvalue weighted by Crippen LogP contribution is 2.45. The van der Waals surface area contributed by atoms with Gasteiger partial charge in [0.1, 0.15) is 6.61 Å². The van der Waals surface area contributed by atoms with E-state index in [0.29, 0.717) is 0 Å². The molecule has 0 heterocycles. The highest BCUT2D eigenvalue weighted by Gasteiger charge is 2.55. The number of hydrogen-bond donors (Lipinski definition) is 1. The van der Waals surface area contributed by atoms with Gasteiger partial charge in [-0.05, 0) is 33.6 Å². The fourth-order valence-corrected chi connectivity index (χ4v) is 2.81. The summed E-state index contributed by atoms with van der Waals surface area (Å²) in [5.74, 6) is -3.09. The summed E-state index contributed by atoms with van der Waals surface area (Å²) in [6.07, 6.45) is -1.00. The van der Waals surface area contributed by atoms with E-state index < -0.39 is 47.0 Å². The van der Waals surface area contributed by atoms with Crippen molar-refractivity contribution >= 4 is 17.9 Å². The SMILES string of the molecule is CCOC(=O)C(C#N)(CC(C)(C)C(=O)O)CC(C#N)(CC)C(=O)OCCOC. The predicted octanol–water partition coefficient (Wildman–Crippen LogP) is 2.06. The van der Waals surface area contributed by atoms with Crippen molar-refractivity contribution in [2.45, 2.75) is 47.0 Å². The van der Waals surface area contributed by atoms with Gasteiger partial charge in [-0.15, -0.1) is 0 Å². The Morgan fingerprint density at radius 3 is 1.86 bits per heavy atom. The van der Waals surface area contributed by atoms with E-state index in [4.69, 9.17) is 14.2 Å². The molecule has 0 radical (unpaired) electrons. The Hall–Kier alpha value is -2.65. The van der Waals surface area contributed by atoms with Crippen molar-refractivity contribution in [2.75, 3.05) is 26.9 Å². The molecule has 0 aliphatic rings. The van der Waals surface area contributed by atoms with E-state index in [-0.39, 0.29) is 26.2 Å². The van der Waals surface area contributed by atoms with Gasteiger partial charge >= 0.3 is 17.9 Å². The third-order valence-electron chi connectivity index (χ3n) is 4.54. The lowest BCUT2D eigenvalue weighted by atomic mass is 9.64. The summed E-state index contributed by atoms with van der Waals surface area (Å²) in [6.45, 7) is 5.78. The number of carboxylic acid groups (broad SMARTS) is 1. The second kappa shape index (κ2) is 10.6. The van der Waals surface area contributed by atoms with Crippen LogP contribution in [0.3, 0.4) is 0 Å². The van der Waals surface area contributed by atoms with E-state index >= 15 is 0 Å². The van der Waals surface area contributed by atoms with E-state index in [1.165, 1.54) is 21.0 Å². The highest BCUT2D eigenvalue weighted by atomic mass is 16.6. The van der Waals surface area contributed by atoms with Gasteiger partial charge in [-0.2, -0.15) is 10.5 Å². The molecular formula is C19H28N2O7. The molecule has 0 saturated heterocycles. The molecule has 0 saturated carbocycles. The molecule has 0 aliphatic heterocycles. The molecule has 0 aromatic heterocycles. The third-order valence-corrected chi connectivity index (χ3v) is 4.54. The van der Waals surface area contributed by atoms with Gasteiger partial charge < -0.3 is 19.3 Å². The van der Waals surface area contributed by atoms with E-state index in [9.17, 15) is 30.0 Å². The Morgan fingerprint density at radius 1 is 0.929 bits per heavy atom. The first kappa shape index (κ1) is 25.4. The summed E-state index contributed by atoms with van der Waals surface area (Å²) in [5.41, 5.74) is -5.30. The normalized spacial score (nSPS) is 15.2. The van der Waals surface area contributed by atoms with Crippen LogP contribution in [0.5, 0.6) is 0 Å². The van der Waals surface area contributed by atoms with Crippen LogP contribution in [-0.4, -0.2) is 49.9 Å². The van der Waals surface area contributed by atoms with Crippen LogP contribution >= 0.6 is 0 Å². The number of nitriles is 2. The average Bonchev–Trinajstić information content (AvgIpc) is 2.65. The molecule has 9 nitrogen and oxygen atoms in total. The fraction of sp³-hybridized carbons (Fsp3) is 0.737. The van der Waals surface area contributed by atoms with E-state index in [2.05, 4.69) is 0 Å². The number of carboxylic acids is 1. The Bertz CT molecular complexity index is 662. The lowest BCUT2D eigenvalue weighted by Gasteiger charge is -2.35. The van der Waals surface area contributed by atoms with Gasteiger partial charge in [-0.1, -0.05) is 6.92 Å². The number of ether oxygens (including phenoxy) is 3. The number of carbonyl (C=O) groups excluding carboxylic acids is 2. The summed E-state index contributed by atoms with van der Waals surface area (Å²) in [5, 5.41) is 29.0. The average molecular weight is 396 g/mol. The van der Waals surface area contributed by atoms with Gasteiger partial charge in [0.25, 0.3) is 0 Å². The number of rotatable bonds is 12. The van der Waals surface area contributed by atoms with Crippen molar-refractivity contribution in [3.05, 3.63) is 0 Å². The van der Waals surface area contributed by atoms with Crippen LogP contribution < -0.4 is 0 Å². The second-order valence-electron chi connectivity index (χ2n) is 7.13. The first-order valence-corrected chi connectivity index (χ1v) is 8.90. The third kappa shape index (κ3) is 5.93. The summed E-state index contributed by atoms with van der Waals surface area (Å²) in [6, 6.07) is 3.71. The molecule has 0 aliphatic carbocycles. The lowest BCUT2D eigenvalue weighted by molar-refractivity contribution is -0.163. The Balaban J connectivity index is 6.16. The van der Waals surface area contributed by atoms with Gasteiger partial charge in [-0.3, -0.25) is 14.4 Å². The minimum Gasteiger partial charge on any atom is -0.481 e. The number of carbonyl (C=O) groups is 3. The summed E-state index contributed by atoms with van der Waals surface area (Å²) in [4.78, 5) is 36.8. The van der Waals surface area contributed by atoms with Gasteiger partial charge in [0.2, 0.25) is 0 Å². The summed E-state index contributed by atoms with van der Waals surface area (Å²) < 4.78 is 14.9. The number of aliphatic carboxylic acids is 1. The first-order chi connectivity index (χ1) is 13.0. The zero-order chi connectivity index (χ0) is 22.0. The van der Waals surface area contributed by atoms with Crippen LogP contribution in [0.4, 0.5) is 0 Å². The zero-order valence-electron chi connectivity index (χ0n) is 17.0. The van der Waals surface area contributed by atoms with Crippen molar-refractivity contribution < 1.29 is 33.7 Å². The largest absolute Gasteiger partial charge is 0.481 e. The molecule has 1 N–H and O–H groups in total. The first-order valence-electron chi connectivity index (χ1n) is 8.90. The maximum atomic E-state index is 12.7. The summed E-state index contributed by atoms with van der Waals surface area (Å²) >= 11 is 0. The Morgan fingerprint density at radius 2 is 1.46 bits per heavy atom. The van der Waals surface area contributed by atoms with Crippen LogP contribution in [0, 0.1) is 38.9 Å². The van der Waals surface area contributed by atoms with Gasteiger partial charge in [0, 0.05) is 13.5 Å². The second-order valence-corrected chi connectivity index (χ2v) is 7.13. The van der Waals surface area contributed by atoms with Crippen molar-refractivity contribution in [3.8, 4) is 12.1 Å². The number of hydrogen-bond acceptors (Lipinski definition) is 8. The number of nitrogens with zero attached hydrogens (tertiary/aromatic N) is 2. The van der Waals surface area contributed by atoms with Crippen molar-refractivity contribution in [2.24, 2.45) is 16.2 Å². The maximum Gasteiger partial charge on any atom is 0.326 e. The zero-order valence-corrected chi connectivity index (χ0v) is 17.0. The van der Waals surface area contributed by atoms with Crippen LogP contribution in [0.2, 0.25) is 0 Å². The highest BCUT2D eigenvalue weighted by molar-refractivity contribution is 5.86. The fourth-order valence-electron chi connectivity index (χ4n) is 2.81. The molecule has 2 atom stereocenters. The number of esters is 2. The minimum atomic E-state index is -2.01. The Labute approximate surface area is 165 Å². The minimum absolute atomic E-state index is 0.0361. The van der Waals surface area contributed by atoms with Crippen LogP contribution in [0.25, 0.3) is 0 Å². The van der Waals surface area contributed by atoms with E-state index in [1.807, 2.05) is 12.1 Å². The van der Waals surface area contributed by atoms with Crippen molar-refractivity contribution in [1.29, 1.82) is 10.5 Å². The van der Waals surface area contributed by atoms with Gasteiger partial charge in [0.05, 0.1) is 30.8 Å². The smallest absolute Gasteiger partial charge is 0.326 e. The standard InChI is InChI=1S/C19H28N2O7/c1-6-18(12-20,15(24)28-9-8-26-5)11-19(13-21,16(25)27-7-2)10-17(3,4)14(22)23/h6-11H2,1-5H3,(H,22,23). The molecule has 2 unspecified atom stereocenters. The van der Waals surface area contributed by atoms with Crippen LogP contribution in [0.1, 0.15) is 47.0 Å². The quantitative estimate of drug-likeness (QED) is 0.386. The van der Waals surface area contributed by atoms with Crippen molar-refractivity contribution in [3.63, 3.8) is 0 Å². The molecule has 0 rings (SSSR count). The van der Waals surface area contributed by atoms with Crippen LogP contribution in [-0.2, 0) is 28.6 Å². The van der Waals surface area contributed by atoms with E-state index in [1.54, 1.807) is 13.8 Å². The molecule has 0 aromatic rings. The molecule has 0 amide bonds. The van der Waals surface area contributed by atoms with Gasteiger partial charge in [0.15, 0.2) is 10.8 Å². The van der Waals surface area contributed by atoms with E-state index in [0.717, 1.165) is 0 Å². The molecule has 0 bridgehead atoms. The number of methoxy groups -OCH3 is 1. The monoisotopic (exact) mass is 396 g/mol. The maximum absolute atomic E-state index is 12.7. The van der Waals surface area contributed by atoms with Crippen LogP contribution in [0.15, 0.2) is 0 Å². The molecular weight excluding hydrogens is 368 g/mol.